The molecule has 1 fully saturated rings. The van der Waals surface area contributed by atoms with Gasteiger partial charge in [0, 0.05) is 59.6 Å². The van der Waals surface area contributed by atoms with Crippen LogP contribution in [0.3, 0.4) is 0 Å². The van der Waals surface area contributed by atoms with E-state index in [4.69, 9.17) is 4.74 Å². The molecule has 2 aromatic heterocycles. The van der Waals surface area contributed by atoms with Crippen LogP contribution in [0.4, 0.5) is 15.5 Å². The summed E-state index contributed by atoms with van der Waals surface area (Å²) in [5.74, 6) is -1.20. The van der Waals surface area contributed by atoms with E-state index in [1.807, 2.05) is 86.0 Å². The van der Waals surface area contributed by atoms with Gasteiger partial charge < -0.3 is 29.2 Å². The summed E-state index contributed by atoms with van der Waals surface area (Å²) in [6, 6.07) is 22.9. The van der Waals surface area contributed by atoms with Crippen molar-refractivity contribution in [2.75, 3.05) is 23.9 Å². The van der Waals surface area contributed by atoms with Crippen molar-refractivity contribution in [1.82, 2.24) is 20.0 Å². The molecule has 0 bridgehead atoms. The molecule has 4 heterocycles. The smallest absolute Gasteiger partial charge is 0.264 e. The number of nitrogens with one attached hydrogen (secondary N) is 2. The Morgan fingerprint density at radius 3 is 2.65 bits per heavy atom. The lowest BCUT2D eigenvalue weighted by molar-refractivity contribution is -0.145. The maximum atomic E-state index is 16.3. The number of likely N-dealkylation sites (N-methyl/N-ethyl adjacent to an activating group) is 1. The maximum absolute atomic E-state index is 16.3. The van der Waals surface area contributed by atoms with E-state index in [-0.39, 0.29) is 30.8 Å². The Bertz CT molecular complexity index is 2010. The summed E-state index contributed by atoms with van der Waals surface area (Å²) < 4.78 is 24.8. The summed E-state index contributed by atoms with van der Waals surface area (Å²) in [5.41, 5.74) is 3.43. The second-order valence-corrected chi connectivity index (χ2v) is 17.6. The molecule has 12 heteroatoms. The Kier molecular flexibility index (Phi) is 8.50. The molecule has 2 amide bonds. The summed E-state index contributed by atoms with van der Waals surface area (Å²) in [5, 5.41) is 22.8. The zero-order valence-electron chi connectivity index (χ0n) is 28.1. The number of carbonyl (C=O) groups excluding carboxylic acids is 2. The number of hydrogen-bond acceptors (Lipinski definition) is 6. The van der Waals surface area contributed by atoms with Crippen LogP contribution in [0.15, 0.2) is 85.2 Å². The number of aliphatic hydroxyl groups excluding tert-OH is 1. The number of anilines is 2. The number of aryl methyl sites for hydroxylation is 1. The van der Waals surface area contributed by atoms with Crippen LogP contribution in [-0.4, -0.2) is 65.1 Å². The number of para-hydroxylation sites is 1. The number of ether oxygens (including phenoxy) is 1. The van der Waals surface area contributed by atoms with Gasteiger partial charge in [-0.05, 0) is 54.9 Å². The average molecular weight is 681 g/mol. The number of rotatable bonds is 10. The number of halogens is 1. The summed E-state index contributed by atoms with van der Waals surface area (Å²) >= 11 is 0. The zero-order valence-corrected chi connectivity index (χ0v) is 29.1. The SMILES string of the molecule is C[C@H]1[C@H]([Si](C)(C)F)[C@@H](CCn2cc(C(CO)c3ccccc3)nn2)O[C@]12C(=O)N(C)c1ccc(NC(=O)Cc3c[nH]c4ccccc34)cc12. The third-order valence-electron chi connectivity index (χ3n) is 10.3. The maximum Gasteiger partial charge on any atom is 0.264 e. The van der Waals surface area contributed by atoms with E-state index >= 15 is 4.11 Å². The molecular formula is C37H41FN6O4Si. The standard InChI is InChI=1S/C37H41FN6O4Si/c1-23-35(49(3,4)38)33(16-17-44-21-31(41-42-44)28(22-45)24-10-6-5-7-11-24)48-37(23)29-19-26(14-15-32(29)43(2)36(37)47)40-34(46)18-25-20-39-30-13-9-8-12-27(25)30/h5-15,19-21,23,28,33,35,39,45H,16-18,22H2,1-4H3,(H,40,46)/t23-,28?,33+,35-,37+/m0/s1. The minimum absolute atomic E-state index is 0.112. The Morgan fingerprint density at radius 2 is 1.90 bits per heavy atom. The molecule has 5 atom stereocenters. The van der Waals surface area contributed by atoms with Crippen molar-refractivity contribution in [1.29, 1.82) is 0 Å². The summed E-state index contributed by atoms with van der Waals surface area (Å²) in [7, 11) is -1.65. The molecular weight excluding hydrogens is 640 g/mol. The van der Waals surface area contributed by atoms with Crippen LogP contribution in [0.25, 0.3) is 10.9 Å². The van der Waals surface area contributed by atoms with Crippen LogP contribution < -0.4 is 10.2 Å². The van der Waals surface area contributed by atoms with Gasteiger partial charge in [-0.3, -0.25) is 14.3 Å². The second kappa shape index (κ2) is 12.7. The highest BCUT2D eigenvalue weighted by Crippen LogP contribution is 2.60. The van der Waals surface area contributed by atoms with E-state index in [0.717, 1.165) is 22.0 Å². The van der Waals surface area contributed by atoms with Crippen LogP contribution >= 0.6 is 0 Å². The Balaban J connectivity index is 1.13. The number of benzene rings is 3. The van der Waals surface area contributed by atoms with E-state index in [1.165, 1.54) is 0 Å². The third-order valence-corrected chi connectivity index (χ3v) is 12.8. The fourth-order valence-electron chi connectivity index (χ4n) is 8.05. The van der Waals surface area contributed by atoms with Crippen molar-refractivity contribution in [2.45, 2.75) is 62.6 Å². The molecule has 5 aromatic rings. The fourth-order valence-corrected chi connectivity index (χ4v) is 10.6. The van der Waals surface area contributed by atoms with Gasteiger partial charge in [-0.25, -0.2) is 0 Å². The first-order chi connectivity index (χ1) is 23.5. The van der Waals surface area contributed by atoms with Gasteiger partial charge in [0.05, 0.1) is 36.4 Å². The molecule has 2 aliphatic heterocycles. The normalized spacial score (nSPS) is 22.6. The molecule has 0 aliphatic carbocycles. The quantitative estimate of drug-likeness (QED) is 0.125. The van der Waals surface area contributed by atoms with Gasteiger partial charge >= 0.3 is 0 Å². The van der Waals surface area contributed by atoms with Gasteiger partial charge in [0.2, 0.25) is 14.3 Å². The van der Waals surface area contributed by atoms with Gasteiger partial charge in [-0.15, -0.1) is 5.10 Å². The van der Waals surface area contributed by atoms with Crippen molar-refractivity contribution in [2.24, 2.45) is 5.92 Å². The highest BCUT2D eigenvalue weighted by atomic mass is 28.4. The highest BCUT2D eigenvalue weighted by molar-refractivity contribution is 6.72. The Labute approximate surface area is 285 Å². The Morgan fingerprint density at radius 1 is 1.14 bits per heavy atom. The van der Waals surface area contributed by atoms with Crippen molar-refractivity contribution in [3.63, 3.8) is 0 Å². The lowest BCUT2D eigenvalue weighted by Crippen LogP contribution is -2.44. The van der Waals surface area contributed by atoms with Gasteiger partial charge in [0.15, 0.2) is 5.60 Å². The summed E-state index contributed by atoms with van der Waals surface area (Å²) in [4.78, 5) is 32.2. The van der Waals surface area contributed by atoms with E-state index in [9.17, 15) is 14.7 Å². The monoisotopic (exact) mass is 680 g/mol. The van der Waals surface area contributed by atoms with Gasteiger partial charge in [-0.2, -0.15) is 0 Å². The molecule has 49 heavy (non-hydrogen) atoms. The number of H-pyrrole nitrogens is 1. The number of carbonyl (C=O) groups is 2. The number of nitrogens with zero attached hydrogens (tertiary/aromatic N) is 4. The molecule has 3 aromatic carbocycles. The minimum Gasteiger partial charge on any atom is -0.395 e. The first-order valence-corrected chi connectivity index (χ1v) is 19.7. The predicted octanol–water partition coefficient (Wildman–Crippen LogP) is 5.91. The van der Waals surface area contributed by atoms with Crippen molar-refractivity contribution in [3.8, 4) is 0 Å². The van der Waals surface area contributed by atoms with Crippen molar-refractivity contribution < 1.29 is 23.5 Å². The Hall–Kier alpha value is -4.65. The van der Waals surface area contributed by atoms with Crippen molar-refractivity contribution in [3.05, 3.63) is 108 Å². The molecule has 1 spiro atoms. The van der Waals surface area contributed by atoms with Gasteiger partial charge in [0.1, 0.15) is 0 Å². The predicted molar refractivity (Wildman–Crippen MR) is 189 cm³/mol. The number of fused-ring (bicyclic) bond motifs is 3. The molecule has 7 rings (SSSR count). The topological polar surface area (TPSA) is 125 Å². The number of amides is 2. The molecule has 1 unspecified atom stereocenters. The van der Waals surface area contributed by atoms with Crippen LogP contribution in [-0.2, 0) is 32.9 Å². The number of hydrogen-bond donors (Lipinski definition) is 3. The van der Waals surface area contributed by atoms with E-state index < -0.39 is 31.6 Å². The third kappa shape index (κ3) is 5.77. The lowest BCUT2D eigenvalue weighted by atomic mass is 9.82. The molecule has 2 aliphatic rings. The largest absolute Gasteiger partial charge is 0.395 e. The van der Waals surface area contributed by atoms with E-state index in [1.54, 1.807) is 35.8 Å². The molecule has 1 saturated heterocycles. The van der Waals surface area contributed by atoms with Crippen LogP contribution in [0, 0.1) is 5.92 Å². The number of aliphatic hydroxyl groups is 1. The lowest BCUT2D eigenvalue weighted by Gasteiger charge is -2.31. The fraction of sp³-hybridized carbons (Fsp3) is 0.351. The first kappa shape index (κ1) is 32.9. The molecule has 0 saturated carbocycles. The van der Waals surface area contributed by atoms with Crippen LogP contribution in [0.5, 0.6) is 0 Å². The van der Waals surface area contributed by atoms with E-state index in [0.29, 0.717) is 35.6 Å². The minimum atomic E-state index is -3.36. The summed E-state index contributed by atoms with van der Waals surface area (Å²) in [6.45, 7) is 5.55. The van der Waals surface area contributed by atoms with Crippen molar-refractivity contribution >= 4 is 42.5 Å². The van der Waals surface area contributed by atoms with Gasteiger partial charge in [-0.1, -0.05) is 60.7 Å². The molecule has 0 radical (unpaired) electrons. The average Bonchev–Trinajstić information content (AvgIpc) is 3.83. The molecule has 10 nitrogen and oxygen atoms in total. The molecule has 254 valence electrons. The molecule has 3 N–H and O–H groups in total. The number of aromatic amines is 1. The number of aromatic nitrogens is 4. The van der Waals surface area contributed by atoms with Crippen LogP contribution in [0.2, 0.25) is 18.6 Å². The zero-order chi connectivity index (χ0) is 34.5. The van der Waals surface area contributed by atoms with Gasteiger partial charge in [0.25, 0.3) is 5.91 Å². The highest BCUT2D eigenvalue weighted by Gasteiger charge is 2.66. The second-order valence-electron chi connectivity index (χ2n) is 13.8. The summed E-state index contributed by atoms with van der Waals surface area (Å²) in [6.07, 6.45) is 3.70. The first-order valence-electron chi connectivity index (χ1n) is 16.7. The van der Waals surface area contributed by atoms with Crippen LogP contribution in [0.1, 0.15) is 41.6 Å². The van der Waals surface area contributed by atoms with E-state index in [2.05, 4.69) is 20.6 Å².